The molecular formula is C9H20N2O. The van der Waals surface area contributed by atoms with Gasteiger partial charge in [0.25, 0.3) is 0 Å². The van der Waals surface area contributed by atoms with E-state index in [9.17, 15) is 0 Å². The van der Waals surface area contributed by atoms with Crippen molar-refractivity contribution >= 4 is 0 Å². The van der Waals surface area contributed by atoms with Crippen LogP contribution in [0.5, 0.6) is 0 Å². The van der Waals surface area contributed by atoms with Crippen LogP contribution in [-0.4, -0.2) is 18.8 Å². The van der Waals surface area contributed by atoms with E-state index in [-0.39, 0.29) is 11.6 Å². The summed E-state index contributed by atoms with van der Waals surface area (Å²) < 4.78 is 5.28. The lowest BCUT2D eigenvalue weighted by atomic mass is 9.95. The Kier molecular flexibility index (Phi) is 4.45. The van der Waals surface area contributed by atoms with E-state index in [1.165, 1.54) is 0 Å². The third kappa shape index (κ3) is 3.85. The summed E-state index contributed by atoms with van der Waals surface area (Å²) in [7, 11) is 1.70. The molecule has 0 amide bonds. The summed E-state index contributed by atoms with van der Waals surface area (Å²) >= 11 is 0. The third-order valence-corrected chi connectivity index (χ3v) is 2.04. The topological polar surface area (TPSA) is 47.3 Å². The van der Waals surface area contributed by atoms with Gasteiger partial charge in [-0.3, -0.25) is 11.3 Å². The lowest BCUT2D eigenvalue weighted by Gasteiger charge is -2.28. The van der Waals surface area contributed by atoms with Crippen molar-refractivity contribution in [1.29, 1.82) is 0 Å². The summed E-state index contributed by atoms with van der Waals surface area (Å²) in [6.07, 6.45) is 0.829. The molecule has 72 valence electrons. The van der Waals surface area contributed by atoms with E-state index in [1.54, 1.807) is 7.11 Å². The number of hydrogen-bond donors (Lipinski definition) is 2. The molecule has 3 nitrogen and oxygen atoms in total. The van der Waals surface area contributed by atoms with Gasteiger partial charge in [0, 0.05) is 13.2 Å². The van der Waals surface area contributed by atoms with Gasteiger partial charge in [-0.1, -0.05) is 12.2 Å². The lowest BCUT2D eigenvalue weighted by molar-refractivity contribution is 0.00991. The SMILES string of the molecule is C=C(C)C(CC(C)(C)OC)NN. The first kappa shape index (κ1) is 11.6. The van der Waals surface area contributed by atoms with Gasteiger partial charge >= 0.3 is 0 Å². The minimum Gasteiger partial charge on any atom is -0.379 e. The van der Waals surface area contributed by atoms with E-state index >= 15 is 0 Å². The van der Waals surface area contributed by atoms with Crippen LogP contribution in [0, 0.1) is 0 Å². The largest absolute Gasteiger partial charge is 0.379 e. The van der Waals surface area contributed by atoms with E-state index in [0.717, 1.165) is 12.0 Å². The highest BCUT2D eigenvalue weighted by Gasteiger charge is 2.22. The van der Waals surface area contributed by atoms with Gasteiger partial charge in [-0.25, -0.2) is 0 Å². The standard InChI is InChI=1S/C9H20N2O/c1-7(2)8(11-10)6-9(3,4)12-5/h8,11H,1,6,10H2,2-5H3. The fourth-order valence-electron chi connectivity index (χ4n) is 0.950. The van der Waals surface area contributed by atoms with E-state index in [2.05, 4.69) is 12.0 Å². The van der Waals surface area contributed by atoms with Crippen molar-refractivity contribution in [1.82, 2.24) is 5.43 Å². The zero-order valence-electron chi connectivity index (χ0n) is 8.48. The maximum Gasteiger partial charge on any atom is 0.0641 e. The number of methoxy groups -OCH3 is 1. The minimum atomic E-state index is -0.157. The summed E-state index contributed by atoms with van der Waals surface area (Å²) in [5, 5.41) is 0. The quantitative estimate of drug-likeness (QED) is 0.372. The van der Waals surface area contributed by atoms with Gasteiger partial charge in [0.15, 0.2) is 0 Å². The van der Waals surface area contributed by atoms with E-state index < -0.39 is 0 Å². The lowest BCUT2D eigenvalue weighted by Crippen LogP contribution is -2.41. The molecule has 0 aromatic carbocycles. The van der Waals surface area contributed by atoms with Crippen molar-refractivity contribution in [2.45, 2.75) is 38.8 Å². The Labute approximate surface area is 74.9 Å². The van der Waals surface area contributed by atoms with Gasteiger partial charge < -0.3 is 4.74 Å². The highest BCUT2D eigenvalue weighted by molar-refractivity contribution is 5.02. The van der Waals surface area contributed by atoms with E-state index in [1.807, 2.05) is 20.8 Å². The zero-order chi connectivity index (χ0) is 9.78. The first-order chi connectivity index (χ1) is 5.43. The highest BCUT2D eigenvalue weighted by atomic mass is 16.5. The number of hydrogen-bond acceptors (Lipinski definition) is 3. The summed E-state index contributed by atoms with van der Waals surface area (Å²) in [4.78, 5) is 0. The van der Waals surface area contributed by atoms with E-state index in [4.69, 9.17) is 10.6 Å². The molecule has 0 aliphatic carbocycles. The number of nitrogens with two attached hydrogens (primary N) is 1. The van der Waals surface area contributed by atoms with Gasteiger partial charge in [0.2, 0.25) is 0 Å². The monoisotopic (exact) mass is 172 g/mol. The van der Waals surface area contributed by atoms with Crippen LogP contribution < -0.4 is 11.3 Å². The number of nitrogens with one attached hydrogen (secondary N) is 1. The van der Waals surface area contributed by atoms with Crippen LogP contribution in [0.3, 0.4) is 0 Å². The Morgan fingerprint density at radius 3 is 2.42 bits per heavy atom. The number of ether oxygens (including phenoxy) is 1. The molecule has 0 spiro atoms. The second-order valence-corrected chi connectivity index (χ2v) is 3.73. The number of rotatable bonds is 5. The average molecular weight is 172 g/mol. The van der Waals surface area contributed by atoms with Gasteiger partial charge in [-0.2, -0.15) is 0 Å². The van der Waals surface area contributed by atoms with Crippen molar-refractivity contribution in [2.75, 3.05) is 7.11 Å². The molecule has 0 aromatic heterocycles. The normalized spacial score (nSPS) is 14.4. The first-order valence-corrected chi connectivity index (χ1v) is 4.09. The van der Waals surface area contributed by atoms with Crippen molar-refractivity contribution < 1.29 is 4.74 Å². The summed E-state index contributed by atoms with van der Waals surface area (Å²) in [6, 6.07) is 0.125. The minimum absolute atomic E-state index is 0.125. The molecule has 0 heterocycles. The molecule has 0 rings (SSSR count). The fraction of sp³-hybridized carbons (Fsp3) is 0.778. The highest BCUT2D eigenvalue weighted by Crippen LogP contribution is 2.18. The maximum atomic E-state index is 5.37. The number of hydrazine groups is 1. The Balaban J connectivity index is 4.11. The van der Waals surface area contributed by atoms with Crippen LogP contribution in [0.1, 0.15) is 27.2 Å². The maximum absolute atomic E-state index is 5.37. The molecule has 3 heteroatoms. The molecule has 0 fully saturated rings. The average Bonchev–Trinajstić information content (AvgIpc) is 2.00. The fourth-order valence-corrected chi connectivity index (χ4v) is 0.950. The van der Waals surface area contributed by atoms with Gasteiger partial charge in [0.05, 0.1) is 5.60 Å². The van der Waals surface area contributed by atoms with Crippen LogP contribution >= 0.6 is 0 Å². The third-order valence-electron chi connectivity index (χ3n) is 2.04. The zero-order valence-corrected chi connectivity index (χ0v) is 8.48. The predicted molar refractivity (Wildman–Crippen MR) is 51.6 cm³/mol. The first-order valence-electron chi connectivity index (χ1n) is 4.09. The Bertz CT molecular complexity index is 155. The molecule has 0 bridgehead atoms. The Morgan fingerprint density at radius 2 is 2.17 bits per heavy atom. The molecule has 12 heavy (non-hydrogen) atoms. The van der Waals surface area contributed by atoms with Gasteiger partial charge in [-0.15, -0.1) is 0 Å². The summed E-state index contributed by atoms with van der Waals surface area (Å²) in [5.41, 5.74) is 3.59. The smallest absolute Gasteiger partial charge is 0.0641 e. The molecule has 0 aliphatic rings. The van der Waals surface area contributed by atoms with Gasteiger partial charge in [0.1, 0.15) is 0 Å². The molecule has 0 saturated carbocycles. The summed E-state index contributed by atoms with van der Waals surface area (Å²) in [6.45, 7) is 9.86. The van der Waals surface area contributed by atoms with E-state index in [0.29, 0.717) is 0 Å². The van der Waals surface area contributed by atoms with Gasteiger partial charge in [-0.05, 0) is 27.2 Å². The molecule has 3 N–H and O–H groups in total. The van der Waals surface area contributed by atoms with Crippen LogP contribution in [0.15, 0.2) is 12.2 Å². The second-order valence-electron chi connectivity index (χ2n) is 3.73. The predicted octanol–water partition coefficient (Wildman–Crippen LogP) is 1.21. The Morgan fingerprint density at radius 1 is 1.67 bits per heavy atom. The van der Waals surface area contributed by atoms with Crippen LogP contribution in [0.2, 0.25) is 0 Å². The molecule has 0 aromatic rings. The molecular weight excluding hydrogens is 152 g/mol. The Hall–Kier alpha value is -0.380. The molecule has 0 radical (unpaired) electrons. The molecule has 0 saturated heterocycles. The van der Waals surface area contributed by atoms with Crippen molar-refractivity contribution in [3.63, 3.8) is 0 Å². The van der Waals surface area contributed by atoms with Crippen molar-refractivity contribution in [2.24, 2.45) is 5.84 Å². The molecule has 1 unspecified atom stereocenters. The van der Waals surface area contributed by atoms with Crippen molar-refractivity contribution in [3.8, 4) is 0 Å². The van der Waals surface area contributed by atoms with Crippen molar-refractivity contribution in [3.05, 3.63) is 12.2 Å². The van der Waals surface area contributed by atoms with Crippen LogP contribution in [0.25, 0.3) is 0 Å². The van der Waals surface area contributed by atoms with Crippen LogP contribution in [-0.2, 0) is 4.74 Å². The summed E-state index contributed by atoms with van der Waals surface area (Å²) in [5.74, 6) is 5.37. The second kappa shape index (κ2) is 4.60. The molecule has 0 aliphatic heterocycles. The molecule has 1 atom stereocenters. The van der Waals surface area contributed by atoms with Crippen LogP contribution in [0.4, 0.5) is 0 Å².